The molecule has 1 aliphatic rings. The zero-order valence-corrected chi connectivity index (χ0v) is 14.3. The number of para-hydroxylation sites is 1. The number of ether oxygens (including phenoxy) is 1. The molecule has 1 atom stereocenters. The van der Waals surface area contributed by atoms with E-state index in [4.69, 9.17) is 4.74 Å². The van der Waals surface area contributed by atoms with Gasteiger partial charge in [0.05, 0.1) is 17.1 Å². The fraction of sp³-hybridized carbons (Fsp3) is 0.278. The number of hydrogen-bond donors (Lipinski definition) is 1. The van der Waals surface area contributed by atoms with E-state index in [1.807, 2.05) is 0 Å². The number of sulfone groups is 1. The molecule has 0 aromatic heterocycles. The van der Waals surface area contributed by atoms with Crippen LogP contribution >= 0.6 is 0 Å². The first-order chi connectivity index (χ1) is 11.9. The van der Waals surface area contributed by atoms with E-state index in [0.717, 1.165) is 5.56 Å². The van der Waals surface area contributed by atoms with Gasteiger partial charge in [-0.2, -0.15) is 0 Å². The molecule has 0 bridgehead atoms. The number of nitrogens with one attached hydrogen (secondary N) is 1. The van der Waals surface area contributed by atoms with E-state index >= 15 is 0 Å². The molecule has 5 nitrogen and oxygen atoms in total. The fourth-order valence-corrected chi connectivity index (χ4v) is 4.37. The Morgan fingerprint density at radius 1 is 1.16 bits per heavy atom. The van der Waals surface area contributed by atoms with Gasteiger partial charge in [-0.25, -0.2) is 12.8 Å². The Bertz CT molecular complexity index is 865. The maximum absolute atomic E-state index is 12.9. The van der Waals surface area contributed by atoms with E-state index in [1.165, 1.54) is 12.1 Å². The van der Waals surface area contributed by atoms with Crippen molar-refractivity contribution >= 4 is 15.7 Å². The number of carbonyl (C=O) groups excluding carboxylic acids is 1. The van der Waals surface area contributed by atoms with Gasteiger partial charge >= 0.3 is 0 Å². The highest BCUT2D eigenvalue weighted by molar-refractivity contribution is 7.91. The van der Waals surface area contributed by atoms with Crippen LogP contribution in [0, 0.1) is 5.82 Å². The van der Waals surface area contributed by atoms with Crippen molar-refractivity contribution in [2.45, 2.75) is 19.1 Å². The van der Waals surface area contributed by atoms with Gasteiger partial charge in [0.2, 0.25) is 0 Å². The number of amides is 1. The molecule has 1 heterocycles. The summed E-state index contributed by atoms with van der Waals surface area (Å²) < 4.78 is 41.6. The van der Waals surface area contributed by atoms with Crippen LogP contribution in [0.4, 0.5) is 4.39 Å². The first-order valence-electron chi connectivity index (χ1n) is 7.90. The summed E-state index contributed by atoms with van der Waals surface area (Å²) in [6, 6.07) is 12.3. The molecule has 25 heavy (non-hydrogen) atoms. The molecular formula is C18H18FNO4S. The number of halogens is 1. The van der Waals surface area contributed by atoms with Crippen LogP contribution < -0.4 is 10.1 Å². The topological polar surface area (TPSA) is 72.5 Å². The maximum atomic E-state index is 12.9. The van der Waals surface area contributed by atoms with Crippen LogP contribution in [0.3, 0.4) is 0 Å². The molecule has 0 spiro atoms. The van der Waals surface area contributed by atoms with E-state index < -0.39 is 9.84 Å². The number of hydrogen-bond acceptors (Lipinski definition) is 4. The second kappa shape index (κ2) is 7.23. The van der Waals surface area contributed by atoms with Crippen LogP contribution in [0.1, 0.15) is 22.3 Å². The minimum atomic E-state index is -3.06. The van der Waals surface area contributed by atoms with Crippen molar-refractivity contribution in [3.05, 3.63) is 65.5 Å². The smallest absolute Gasteiger partial charge is 0.255 e. The Hall–Kier alpha value is -2.41. The average molecular weight is 363 g/mol. The second-order valence-electron chi connectivity index (χ2n) is 5.98. The van der Waals surface area contributed by atoms with Crippen molar-refractivity contribution in [3.8, 4) is 5.75 Å². The largest absolute Gasteiger partial charge is 0.488 e. The summed E-state index contributed by atoms with van der Waals surface area (Å²) in [7, 11) is -3.06. The molecule has 1 fully saturated rings. The molecule has 1 N–H and O–H groups in total. The molecule has 132 valence electrons. The van der Waals surface area contributed by atoms with Gasteiger partial charge in [0.25, 0.3) is 5.91 Å². The Labute approximate surface area is 145 Å². The summed E-state index contributed by atoms with van der Waals surface area (Å²) in [5.41, 5.74) is 1.12. The molecule has 1 unspecified atom stereocenters. The summed E-state index contributed by atoms with van der Waals surface area (Å²) >= 11 is 0. The Kier molecular flexibility index (Phi) is 5.03. The zero-order chi connectivity index (χ0) is 17.9. The van der Waals surface area contributed by atoms with Gasteiger partial charge in [-0.05, 0) is 36.2 Å². The lowest BCUT2D eigenvalue weighted by atomic mass is 10.1. The molecule has 2 aromatic carbocycles. The van der Waals surface area contributed by atoms with Crippen LogP contribution in [0.2, 0.25) is 0 Å². The lowest BCUT2D eigenvalue weighted by Gasteiger charge is -2.14. The molecule has 3 rings (SSSR count). The average Bonchev–Trinajstić information content (AvgIpc) is 2.93. The Morgan fingerprint density at radius 3 is 2.56 bits per heavy atom. The quantitative estimate of drug-likeness (QED) is 0.885. The number of carbonyl (C=O) groups is 1. The molecule has 7 heteroatoms. The van der Waals surface area contributed by atoms with Crippen LogP contribution in [-0.2, 0) is 16.4 Å². The van der Waals surface area contributed by atoms with Crippen molar-refractivity contribution in [2.75, 3.05) is 11.5 Å². The van der Waals surface area contributed by atoms with Crippen LogP contribution in [-0.4, -0.2) is 31.9 Å². The van der Waals surface area contributed by atoms with Crippen molar-refractivity contribution in [1.29, 1.82) is 0 Å². The monoisotopic (exact) mass is 363 g/mol. The lowest BCUT2D eigenvalue weighted by Crippen LogP contribution is -2.35. The standard InChI is InChI=1S/C18H18FNO4S/c19-14-7-5-13(6-8-14)11-24-17-4-2-1-3-16(17)18(21)20-15-9-10-25(22,23)12-15/h1-8,15H,9-12H2,(H,20,21). The molecule has 0 saturated carbocycles. The molecule has 1 amide bonds. The third kappa shape index (κ3) is 4.57. The zero-order valence-electron chi connectivity index (χ0n) is 13.4. The number of rotatable bonds is 5. The van der Waals surface area contributed by atoms with E-state index in [9.17, 15) is 17.6 Å². The van der Waals surface area contributed by atoms with Gasteiger partial charge in [-0.1, -0.05) is 24.3 Å². The van der Waals surface area contributed by atoms with Gasteiger partial charge in [0.1, 0.15) is 18.2 Å². The number of benzene rings is 2. The Balaban J connectivity index is 1.67. The molecule has 1 aliphatic heterocycles. The van der Waals surface area contributed by atoms with Gasteiger partial charge in [0.15, 0.2) is 9.84 Å². The van der Waals surface area contributed by atoms with Crippen molar-refractivity contribution in [1.82, 2.24) is 5.32 Å². The minimum Gasteiger partial charge on any atom is -0.488 e. The summed E-state index contributed by atoms with van der Waals surface area (Å²) in [6.45, 7) is 0.197. The molecule has 0 aliphatic carbocycles. The van der Waals surface area contributed by atoms with Crippen LogP contribution in [0.15, 0.2) is 48.5 Å². The molecular weight excluding hydrogens is 345 g/mol. The van der Waals surface area contributed by atoms with Crippen molar-refractivity contribution in [3.63, 3.8) is 0 Å². The molecule has 0 radical (unpaired) electrons. The third-order valence-electron chi connectivity index (χ3n) is 4.01. The fourth-order valence-electron chi connectivity index (χ4n) is 2.69. The normalized spacial score (nSPS) is 18.7. The van der Waals surface area contributed by atoms with Gasteiger partial charge in [-0.3, -0.25) is 4.79 Å². The highest BCUT2D eigenvalue weighted by atomic mass is 32.2. The summed E-state index contributed by atoms with van der Waals surface area (Å²) in [6.07, 6.45) is 0.423. The predicted octanol–water partition coefficient (Wildman–Crippen LogP) is 2.32. The predicted molar refractivity (Wildman–Crippen MR) is 91.7 cm³/mol. The maximum Gasteiger partial charge on any atom is 0.255 e. The lowest BCUT2D eigenvalue weighted by molar-refractivity contribution is 0.0936. The van der Waals surface area contributed by atoms with E-state index in [2.05, 4.69) is 5.32 Å². The second-order valence-corrected chi connectivity index (χ2v) is 8.21. The van der Waals surface area contributed by atoms with Gasteiger partial charge in [-0.15, -0.1) is 0 Å². The first-order valence-corrected chi connectivity index (χ1v) is 9.73. The van der Waals surface area contributed by atoms with E-state index in [-0.39, 0.29) is 35.9 Å². The van der Waals surface area contributed by atoms with Crippen LogP contribution in [0.5, 0.6) is 5.75 Å². The van der Waals surface area contributed by atoms with Gasteiger partial charge in [0, 0.05) is 6.04 Å². The SMILES string of the molecule is O=C(NC1CCS(=O)(=O)C1)c1ccccc1OCc1ccc(F)cc1. The molecule has 1 saturated heterocycles. The first kappa shape index (κ1) is 17.4. The van der Waals surface area contributed by atoms with E-state index in [1.54, 1.807) is 36.4 Å². The van der Waals surface area contributed by atoms with Crippen LogP contribution in [0.25, 0.3) is 0 Å². The third-order valence-corrected chi connectivity index (χ3v) is 5.77. The summed E-state index contributed by atoms with van der Waals surface area (Å²) in [5.74, 6) is -0.227. The highest BCUT2D eigenvalue weighted by Crippen LogP contribution is 2.21. The summed E-state index contributed by atoms with van der Waals surface area (Å²) in [4.78, 5) is 12.5. The minimum absolute atomic E-state index is 0.0304. The molecule has 2 aromatic rings. The van der Waals surface area contributed by atoms with Crippen molar-refractivity contribution in [2.24, 2.45) is 0 Å². The van der Waals surface area contributed by atoms with Crippen molar-refractivity contribution < 1.29 is 22.3 Å². The van der Waals surface area contributed by atoms with Gasteiger partial charge < -0.3 is 10.1 Å². The highest BCUT2D eigenvalue weighted by Gasteiger charge is 2.29. The summed E-state index contributed by atoms with van der Waals surface area (Å²) in [5, 5.41) is 2.75. The van der Waals surface area contributed by atoms with E-state index in [0.29, 0.717) is 17.7 Å². The Morgan fingerprint density at radius 2 is 1.88 bits per heavy atom.